The van der Waals surface area contributed by atoms with E-state index in [1.54, 1.807) is 0 Å². The van der Waals surface area contributed by atoms with Crippen molar-refractivity contribution in [3.63, 3.8) is 0 Å². The minimum absolute atomic E-state index is 0.491. The van der Waals surface area contributed by atoms with Gasteiger partial charge < -0.3 is 4.42 Å². The fourth-order valence-electron chi connectivity index (χ4n) is 4.84. The largest absolute Gasteiger partial charge is 0.456 e. The van der Waals surface area contributed by atoms with E-state index in [0.717, 1.165) is 49.8 Å². The normalized spacial score (nSPS) is 12.2. The Bertz CT molecular complexity index is 1850. The van der Waals surface area contributed by atoms with E-state index in [0.29, 0.717) is 18.2 Å². The average molecular weight is 506 g/mol. The Morgan fingerprint density at radius 3 is 2.18 bits per heavy atom. The van der Waals surface area contributed by atoms with Gasteiger partial charge in [-0.25, -0.2) is 9.98 Å². The van der Waals surface area contributed by atoms with Gasteiger partial charge in [0.25, 0.3) is 0 Å². The van der Waals surface area contributed by atoms with Gasteiger partial charge in [0.05, 0.1) is 6.54 Å². The molecule has 5 aromatic carbocycles. The summed E-state index contributed by atoms with van der Waals surface area (Å²) in [5.74, 6) is 1.09. The number of aliphatic imine (C=N–C) groups is 3. The fourth-order valence-corrected chi connectivity index (χ4v) is 4.84. The number of nitrogens with zero attached hydrogens (tertiary/aromatic N) is 3. The van der Waals surface area contributed by atoms with E-state index < -0.39 is 0 Å². The van der Waals surface area contributed by atoms with E-state index >= 15 is 0 Å². The van der Waals surface area contributed by atoms with Gasteiger partial charge in [-0.1, -0.05) is 97.1 Å². The van der Waals surface area contributed by atoms with Crippen molar-refractivity contribution in [3.8, 4) is 11.1 Å². The van der Waals surface area contributed by atoms with Gasteiger partial charge in [0, 0.05) is 21.9 Å². The maximum atomic E-state index is 6.23. The van der Waals surface area contributed by atoms with Crippen LogP contribution in [0.25, 0.3) is 33.1 Å². The average Bonchev–Trinajstić information content (AvgIpc) is 3.37. The Balaban J connectivity index is 1.46. The van der Waals surface area contributed by atoms with Crippen molar-refractivity contribution < 1.29 is 4.42 Å². The smallest absolute Gasteiger partial charge is 0.161 e. The number of hydrogen-bond acceptors (Lipinski definition) is 2. The van der Waals surface area contributed by atoms with Gasteiger partial charge in [-0.2, -0.15) is 0 Å². The molecule has 0 aliphatic heterocycles. The predicted octanol–water partition coefficient (Wildman–Crippen LogP) is 8.66. The lowest BCUT2D eigenvalue weighted by molar-refractivity contribution is 0.668. The number of amidine groups is 2. The zero-order chi connectivity index (χ0) is 26.6. The third kappa shape index (κ3) is 5.05. The number of benzene rings is 5. The number of hydrogen-bond donors (Lipinski definition) is 0. The standard InChI is InChI=1S/C35H27N3O/c1-24-11-9-18-31-33(24)30-20-19-29(22-32(30)39-31)35(37-23-25-12-5-3-6-13-25)38-34(36-2)28-17-10-16-27(21-28)26-14-7-4-8-15-26/h3-22H,2,23H2,1H3. The first-order valence-electron chi connectivity index (χ1n) is 12.9. The van der Waals surface area contributed by atoms with Crippen LogP contribution >= 0.6 is 0 Å². The van der Waals surface area contributed by atoms with Crippen molar-refractivity contribution in [2.45, 2.75) is 13.5 Å². The van der Waals surface area contributed by atoms with Crippen LogP contribution < -0.4 is 0 Å². The highest BCUT2D eigenvalue weighted by atomic mass is 16.3. The minimum atomic E-state index is 0.491. The van der Waals surface area contributed by atoms with Gasteiger partial charge in [-0.05, 0) is 60.2 Å². The molecular weight excluding hydrogens is 478 g/mol. The van der Waals surface area contributed by atoms with Gasteiger partial charge in [-0.3, -0.25) is 4.99 Å². The molecule has 1 aromatic heterocycles. The molecule has 6 rings (SSSR count). The Morgan fingerprint density at radius 1 is 0.667 bits per heavy atom. The molecule has 0 aliphatic rings. The predicted molar refractivity (Wildman–Crippen MR) is 163 cm³/mol. The number of aryl methyl sites for hydroxylation is 1. The summed E-state index contributed by atoms with van der Waals surface area (Å²) in [5.41, 5.74) is 7.92. The summed E-state index contributed by atoms with van der Waals surface area (Å²) in [6, 6.07) is 40.9. The van der Waals surface area contributed by atoms with Crippen molar-refractivity contribution >= 4 is 40.3 Å². The van der Waals surface area contributed by atoms with E-state index in [4.69, 9.17) is 14.4 Å². The Labute approximate surface area is 227 Å². The monoisotopic (exact) mass is 505 g/mol. The fraction of sp³-hybridized carbons (Fsp3) is 0.0571. The summed E-state index contributed by atoms with van der Waals surface area (Å²) >= 11 is 0. The van der Waals surface area contributed by atoms with Crippen LogP contribution in [-0.2, 0) is 6.54 Å². The summed E-state index contributed by atoms with van der Waals surface area (Å²) in [5, 5.41) is 2.22. The van der Waals surface area contributed by atoms with Crippen LogP contribution in [0.3, 0.4) is 0 Å². The molecule has 0 saturated carbocycles. The topological polar surface area (TPSA) is 50.2 Å². The van der Waals surface area contributed by atoms with Crippen molar-refractivity contribution in [2.24, 2.45) is 15.0 Å². The Hall–Kier alpha value is -5.09. The zero-order valence-corrected chi connectivity index (χ0v) is 21.7. The summed E-state index contributed by atoms with van der Waals surface area (Å²) < 4.78 is 6.23. The van der Waals surface area contributed by atoms with E-state index in [-0.39, 0.29) is 0 Å². The van der Waals surface area contributed by atoms with Crippen LogP contribution in [0.4, 0.5) is 0 Å². The lowest BCUT2D eigenvalue weighted by Gasteiger charge is -2.08. The van der Waals surface area contributed by atoms with Crippen molar-refractivity contribution in [2.75, 3.05) is 0 Å². The van der Waals surface area contributed by atoms with Crippen LogP contribution in [0.15, 0.2) is 141 Å². The SMILES string of the molecule is C=NC(=NC(=NCc1ccccc1)c1ccc2c(c1)oc1cccc(C)c12)c1cccc(-c2ccccc2)c1. The van der Waals surface area contributed by atoms with Gasteiger partial charge >= 0.3 is 0 Å². The molecule has 4 heteroatoms. The summed E-state index contributed by atoms with van der Waals surface area (Å²) in [4.78, 5) is 14.2. The first kappa shape index (κ1) is 24.3. The van der Waals surface area contributed by atoms with Crippen LogP contribution in [-0.4, -0.2) is 18.4 Å². The van der Waals surface area contributed by atoms with Crippen molar-refractivity contribution in [3.05, 3.63) is 144 Å². The maximum Gasteiger partial charge on any atom is 0.161 e. The molecule has 0 aliphatic carbocycles. The van der Waals surface area contributed by atoms with Crippen LogP contribution in [0.5, 0.6) is 0 Å². The van der Waals surface area contributed by atoms with E-state index in [1.807, 2.05) is 66.7 Å². The van der Waals surface area contributed by atoms with Gasteiger partial charge in [0.1, 0.15) is 11.2 Å². The second kappa shape index (κ2) is 10.7. The quantitative estimate of drug-likeness (QED) is 0.171. The molecule has 0 saturated heterocycles. The number of fused-ring (bicyclic) bond motifs is 3. The Kier molecular flexibility index (Phi) is 6.67. The molecule has 0 spiro atoms. The lowest BCUT2D eigenvalue weighted by atomic mass is 10.0. The summed E-state index contributed by atoms with van der Waals surface area (Å²) in [6.07, 6.45) is 0. The molecule has 0 amide bonds. The second-order valence-electron chi connectivity index (χ2n) is 9.43. The minimum Gasteiger partial charge on any atom is -0.456 e. The van der Waals surface area contributed by atoms with Crippen LogP contribution in [0.1, 0.15) is 22.3 Å². The zero-order valence-electron chi connectivity index (χ0n) is 21.7. The highest BCUT2D eigenvalue weighted by Gasteiger charge is 2.13. The molecule has 0 radical (unpaired) electrons. The molecule has 39 heavy (non-hydrogen) atoms. The van der Waals surface area contributed by atoms with Gasteiger partial charge in [0.15, 0.2) is 11.7 Å². The van der Waals surface area contributed by atoms with Crippen molar-refractivity contribution in [1.29, 1.82) is 0 Å². The van der Waals surface area contributed by atoms with E-state index in [9.17, 15) is 0 Å². The molecule has 6 aromatic rings. The lowest BCUT2D eigenvalue weighted by Crippen LogP contribution is -2.06. The molecule has 0 fully saturated rings. The van der Waals surface area contributed by atoms with E-state index in [1.165, 1.54) is 5.56 Å². The second-order valence-corrected chi connectivity index (χ2v) is 9.43. The highest BCUT2D eigenvalue weighted by molar-refractivity contribution is 6.15. The molecule has 188 valence electrons. The summed E-state index contributed by atoms with van der Waals surface area (Å²) in [7, 11) is 0. The number of furan rings is 1. The molecular formula is C35H27N3O. The maximum absolute atomic E-state index is 6.23. The first-order chi connectivity index (χ1) is 19.2. The molecule has 4 nitrogen and oxygen atoms in total. The number of rotatable bonds is 5. The first-order valence-corrected chi connectivity index (χ1v) is 12.9. The highest BCUT2D eigenvalue weighted by Crippen LogP contribution is 2.32. The van der Waals surface area contributed by atoms with E-state index in [2.05, 4.69) is 73.2 Å². The van der Waals surface area contributed by atoms with Crippen molar-refractivity contribution in [1.82, 2.24) is 0 Å². The molecule has 1 heterocycles. The van der Waals surface area contributed by atoms with Gasteiger partial charge in [0.2, 0.25) is 0 Å². The third-order valence-corrected chi connectivity index (χ3v) is 6.81. The Morgan fingerprint density at radius 2 is 1.38 bits per heavy atom. The molecule has 0 N–H and O–H groups in total. The molecule has 0 atom stereocenters. The van der Waals surface area contributed by atoms with Crippen LogP contribution in [0, 0.1) is 6.92 Å². The summed E-state index contributed by atoms with van der Waals surface area (Å²) in [6.45, 7) is 6.44. The van der Waals surface area contributed by atoms with Crippen LogP contribution in [0.2, 0.25) is 0 Å². The molecule has 0 unspecified atom stereocenters. The molecule has 0 bridgehead atoms. The third-order valence-electron chi connectivity index (χ3n) is 6.81. The van der Waals surface area contributed by atoms with Gasteiger partial charge in [-0.15, -0.1) is 0 Å².